The maximum atomic E-state index is 12.8. The second-order valence-electron chi connectivity index (χ2n) is 9.47. The van der Waals surface area contributed by atoms with E-state index in [0.29, 0.717) is 24.9 Å². The molecule has 170 valence electrons. The van der Waals surface area contributed by atoms with Crippen molar-refractivity contribution in [2.24, 2.45) is 11.8 Å². The van der Waals surface area contributed by atoms with Crippen molar-refractivity contribution in [3.05, 3.63) is 18.2 Å². The fraction of sp³-hybridized carbons (Fsp3) is 0.708. The second-order valence-corrected chi connectivity index (χ2v) is 9.47. The molecule has 1 aromatic rings. The van der Waals surface area contributed by atoms with E-state index in [1.165, 1.54) is 12.8 Å². The predicted molar refractivity (Wildman–Crippen MR) is 117 cm³/mol. The molecule has 1 unspecified atom stereocenters. The molecule has 0 radical (unpaired) electrons. The monoisotopic (exact) mass is 430 g/mol. The summed E-state index contributed by atoms with van der Waals surface area (Å²) < 4.78 is 23.3. The fourth-order valence-corrected chi connectivity index (χ4v) is 4.95. The van der Waals surface area contributed by atoms with Crippen LogP contribution in [0.2, 0.25) is 0 Å². The van der Waals surface area contributed by atoms with Crippen molar-refractivity contribution in [3.63, 3.8) is 0 Å². The quantitative estimate of drug-likeness (QED) is 0.689. The van der Waals surface area contributed by atoms with Crippen molar-refractivity contribution in [1.29, 1.82) is 0 Å². The Balaban J connectivity index is 1.08. The zero-order valence-electron chi connectivity index (χ0n) is 18.3. The van der Waals surface area contributed by atoms with E-state index in [1.807, 2.05) is 23.1 Å². The number of rotatable bonds is 6. The number of piperidine rings is 1. The predicted octanol–water partition coefficient (Wildman–Crippen LogP) is 4.07. The molecular weight excluding hydrogens is 396 g/mol. The molecule has 2 saturated heterocycles. The summed E-state index contributed by atoms with van der Waals surface area (Å²) in [5.41, 5.74) is 0.669. The van der Waals surface area contributed by atoms with E-state index in [4.69, 9.17) is 18.9 Å². The molecule has 5 rings (SSSR count). The van der Waals surface area contributed by atoms with Crippen LogP contribution in [0.25, 0.3) is 0 Å². The molecular formula is C24H34N2O5. The van der Waals surface area contributed by atoms with Crippen LogP contribution in [0.3, 0.4) is 0 Å². The molecule has 1 aliphatic carbocycles. The van der Waals surface area contributed by atoms with E-state index in [-0.39, 0.29) is 11.6 Å². The lowest BCUT2D eigenvalue weighted by Gasteiger charge is -2.46. The van der Waals surface area contributed by atoms with Crippen LogP contribution in [-0.2, 0) is 9.47 Å². The van der Waals surface area contributed by atoms with Gasteiger partial charge in [-0.3, -0.25) is 0 Å². The number of carbonyl (C=O) groups excluding carboxylic acids is 1. The van der Waals surface area contributed by atoms with Gasteiger partial charge < -0.3 is 29.2 Å². The zero-order valence-corrected chi connectivity index (χ0v) is 18.3. The first-order valence-electron chi connectivity index (χ1n) is 11.9. The number of carbonyl (C=O) groups is 1. The maximum absolute atomic E-state index is 12.8. The van der Waals surface area contributed by atoms with E-state index < -0.39 is 0 Å². The summed E-state index contributed by atoms with van der Waals surface area (Å²) in [7, 11) is 0. The van der Waals surface area contributed by atoms with Gasteiger partial charge in [0.2, 0.25) is 0 Å². The van der Waals surface area contributed by atoms with Gasteiger partial charge >= 0.3 is 6.03 Å². The highest BCUT2D eigenvalue weighted by molar-refractivity contribution is 5.89. The Morgan fingerprint density at radius 1 is 1.06 bits per heavy atom. The normalized spacial score (nSPS) is 24.8. The van der Waals surface area contributed by atoms with E-state index in [1.54, 1.807) is 0 Å². The largest absolute Gasteiger partial charge is 0.486 e. The standard InChI is InChI=1S/C24H34N2O5/c27-23(25-20-3-4-21-22(15-20)30-14-13-29-21)26-9-7-24(8-10-26)16-18(6-12-31-24)5-11-28-17-19-1-2-19/h3-4,15,18-19H,1-2,5-14,16-17H2,(H,25,27). The highest BCUT2D eigenvalue weighted by atomic mass is 16.6. The van der Waals surface area contributed by atoms with Crippen molar-refractivity contribution < 1.29 is 23.7 Å². The maximum Gasteiger partial charge on any atom is 0.321 e. The Kier molecular flexibility index (Phi) is 6.23. The smallest absolute Gasteiger partial charge is 0.321 e. The van der Waals surface area contributed by atoms with E-state index in [0.717, 1.165) is 82.4 Å². The highest BCUT2D eigenvalue weighted by Gasteiger charge is 2.41. The molecule has 1 spiro atoms. The molecule has 3 heterocycles. The van der Waals surface area contributed by atoms with Gasteiger partial charge in [-0.25, -0.2) is 4.79 Å². The van der Waals surface area contributed by atoms with Crippen LogP contribution in [0.4, 0.5) is 10.5 Å². The summed E-state index contributed by atoms with van der Waals surface area (Å²) in [5.74, 6) is 2.92. The Hall–Kier alpha value is -1.99. The third kappa shape index (κ3) is 5.26. The van der Waals surface area contributed by atoms with Crippen LogP contribution in [0.15, 0.2) is 18.2 Å². The number of likely N-dealkylation sites (tertiary alicyclic amines) is 1. The van der Waals surface area contributed by atoms with E-state index in [9.17, 15) is 4.79 Å². The minimum atomic E-state index is -0.0626. The molecule has 0 bridgehead atoms. The number of nitrogens with zero attached hydrogens (tertiary/aromatic N) is 1. The van der Waals surface area contributed by atoms with Crippen molar-refractivity contribution in [2.75, 3.05) is 51.4 Å². The summed E-state index contributed by atoms with van der Waals surface area (Å²) in [4.78, 5) is 14.7. The molecule has 7 heteroatoms. The summed E-state index contributed by atoms with van der Waals surface area (Å²) in [6, 6.07) is 5.47. The van der Waals surface area contributed by atoms with E-state index >= 15 is 0 Å². The summed E-state index contributed by atoms with van der Waals surface area (Å²) in [5, 5.41) is 3.00. The lowest BCUT2D eigenvalue weighted by molar-refractivity contribution is -0.125. The number of amides is 2. The number of hydrogen-bond donors (Lipinski definition) is 1. The van der Waals surface area contributed by atoms with Crippen LogP contribution in [0.1, 0.15) is 44.9 Å². The Labute approximate surface area is 184 Å². The third-order valence-corrected chi connectivity index (χ3v) is 7.07. The van der Waals surface area contributed by atoms with Crippen molar-refractivity contribution in [1.82, 2.24) is 4.90 Å². The number of nitrogens with one attached hydrogen (secondary N) is 1. The van der Waals surface area contributed by atoms with Gasteiger partial charge in [-0.15, -0.1) is 0 Å². The van der Waals surface area contributed by atoms with Gasteiger partial charge in [-0.05, 0) is 68.9 Å². The molecule has 4 aliphatic rings. The lowest BCUT2D eigenvalue weighted by atomic mass is 9.78. The Bertz CT molecular complexity index is 773. The number of fused-ring (bicyclic) bond motifs is 1. The van der Waals surface area contributed by atoms with Crippen LogP contribution in [0.5, 0.6) is 11.5 Å². The molecule has 0 aromatic heterocycles. The molecule has 2 amide bonds. The molecule has 7 nitrogen and oxygen atoms in total. The van der Waals surface area contributed by atoms with Crippen LogP contribution in [-0.4, -0.2) is 62.7 Å². The summed E-state index contributed by atoms with van der Waals surface area (Å²) in [6.45, 7) is 5.19. The van der Waals surface area contributed by atoms with Crippen molar-refractivity contribution in [3.8, 4) is 11.5 Å². The zero-order chi connectivity index (χ0) is 21.1. The number of hydrogen-bond acceptors (Lipinski definition) is 5. The average Bonchev–Trinajstić information content (AvgIpc) is 3.62. The number of anilines is 1. The van der Waals surface area contributed by atoms with Crippen LogP contribution in [0, 0.1) is 11.8 Å². The van der Waals surface area contributed by atoms with Gasteiger partial charge in [0.15, 0.2) is 11.5 Å². The molecule has 1 N–H and O–H groups in total. The SMILES string of the molecule is O=C(Nc1ccc2c(c1)OCCO2)N1CCC2(CC1)CC(CCOCC1CC1)CCO2. The number of ether oxygens (including phenoxy) is 4. The van der Waals surface area contributed by atoms with Crippen molar-refractivity contribution >= 4 is 11.7 Å². The molecule has 1 aromatic carbocycles. The van der Waals surface area contributed by atoms with Crippen LogP contribution < -0.4 is 14.8 Å². The van der Waals surface area contributed by atoms with Crippen LogP contribution >= 0.6 is 0 Å². The summed E-state index contributed by atoms with van der Waals surface area (Å²) >= 11 is 0. The average molecular weight is 431 g/mol. The minimum absolute atomic E-state index is 0.0623. The van der Waals surface area contributed by atoms with Gasteiger partial charge in [0.1, 0.15) is 13.2 Å². The van der Waals surface area contributed by atoms with Gasteiger partial charge in [0.25, 0.3) is 0 Å². The topological polar surface area (TPSA) is 69.3 Å². The number of benzene rings is 1. The minimum Gasteiger partial charge on any atom is -0.486 e. The van der Waals surface area contributed by atoms with E-state index in [2.05, 4.69) is 5.32 Å². The third-order valence-electron chi connectivity index (χ3n) is 7.07. The Morgan fingerprint density at radius 2 is 1.87 bits per heavy atom. The first-order valence-corrected chi connectivity index (χ1v) is 11.9. The first-order chi connectivity index (χ1) is 15.2. The fourth-order valence-electron chi connectivity index (χ4n) is 4.95. The van der Waals surface area contributed by atoms with Crippen molar-refractivity contribution in [2.45, 2.75) is 50.5 Å². The van der Waals surface area contributed by atoms with Gasteiger partial charge in [-0.2, -0.15) is 0 Å². The van der Waals surface area contributed by atoms with Gasteiger partial charge in [0.05, 0.1) is 5.60 Å². The Morgan fingerprint density at radius 3 is 2.68 bits per heavy atom. The molecule has 1 atom stereocenters. The first kappa shape index (κ1) is 20.9. The molecule has 1 saturated carbocycles. The summed E-state index contributed by atoms with van der Waals surface area (Å²) in [6.07, 6.45) is 7.85. The molecule has 3 fully saturated rings. The molecule has 31 heavy (non-hydrogen) atoms. The number of urea groups is 1. The highest BCUT2D eigenvalue weighted by Crippen LogP contribution is 2.39. The lowest BCUT2D eigenvalue weighted by Crippen LogP contribution is -2.51. The second kappa shape index (κ2) is 9.25. The van der Waals surface area contributed by atoms with Gasteiger partial charge in [-0.1, -0.05) is 0 Å². The van der Waals surface area contributed by atoms with Gasteiger partial charge in [0, 0.05) is 44.7 Å². The molecule has 3 aliphatic heterocycles.